The van der Waals surface area contributed by atoms with Crippen molar-refractivity contribution < 1.29 is 29.1 Å². The number of unbranched alkanes of at least 4 members (excludes halogenated alkanes) is 1. The molecule has 0 saturated carbocycles. The Hall–Kier alpha value is -3.63. The van der Waals surface area contributed by atoms with Crippen LogP contribution in [0, 0.1) is 0 Å². The normalized spacial score (nSPS) is 12.3. The Morgan fingerprint density at radius 1 is 0.938 bits per heavy atom. The highest BCUT2D eigenvalue weighted by Crippen LogP contribution is 2.06. The molecule has 176 valence electrons. The van der Waals surface area contributed by atoms with E-state index in [1.807, 2.05) is 0 Å². The number of anilines is 1. The third kappa shape index (κ3) is 9.92. The van der Waals surface area contributed by atoms with Crippen LogP contribution in [0.25, 0.3) is 0 Å². The fourth-order valence-electron chi connectivity index (χ4n) is 2.79. The Bertz CT molecular complexity index is 811. The van der Waals surface area contributed by atoms with Gasteiger partial charge in [0.25, 0.3) is 5.91 Å². The molecule has 1 rings (SSSR count). The smallest absolute Gasteiger partial charge is 0.326 e. The van der Waals surface area contributed by atoms with Crippen LogP contribution < -0.4 is 27.4 Å². The molecule has 0 bridgehead atoms. The minimum Gasteiger partial charge on any atom is -0.480 e. The highest BCUT2D eigenvalue weighted by Gasteiger charge is 2.22. The Morgan fingerprint density at radius 3 is 2.12 bits per heavy atom. The SMILES string of the molecule is CCC(=O)N[C@@H](CCC(=O)N[C@@H](CCCCNC(=O)c1ccc(N)cc1)C(N)=O)C(=O)O. The lowest BCUT2D eigenvalue weighted by atomic mass is 10.1. The molecule has 0 aliphatic heterocycles. The van der Waals surface area contributed by atoms with Crippen LogP contribution in [0.3, 0.4) is 0 Å². The molecule has 0 saturated heterocycles. The topological polar surface area (TPSA) is 194 Å². The number of aliphatic carboxylic acids is 1. The second-order valence-electron chi connectivity index (χ2n) is 7.25. The number of rotatable bonds is 14. The Morgan fingerprint density at radius 2 is 1.56 bits per heavy atom. The molecule has 2 atom stereocenters. The van der Waals surface area contributed by atoms with Gasteiger partial charge in [-0.3, -0.25) is 19.2 Å². The number of nitrogen functional groups attached to an aromatic ring is 1. The molecule has 0 spiro atoms. The molecular weight excluding hydrogens is 418 g/mol. The molecule has 8 N–H and O–H groups in total. The fourth-order valence-corrected chi connectivity index (χ4v) is 2.79. The molecule has 0 aliphatic carbocycles. The second-order valence-corrected chi connectivity index (χ2v) is 7.25. The Kier molecular flexibility index (Phi) is 11.2. The lowest BCUT2D eigenvalue weighted by Crippen LogP contribution is -2.45. The number of carboxylic acid groups (broad SMARTS) is 1. The van der Waals surface area contributed by atoms with Gasteiger partial charge in [-0.2, -0.15) is 0 Å². The summed E-state index contributed by atoms with van der Waals surface area (Å²) in [5.41, 5.74) is 12.0. The molecule has 32 heavy (non-hydrogen) atoms. The maximum atomic E-state index is 12.1. The maximum absolute atomic E-state index is 12.1. The molecule has 1 aromatic carbocycles. The van der Waals surface area contributed by atoms with E-state index in [1.54, 1.807) is 31.2 Å². The summed E-state index contributed by atoms with van der Waals surface area (Å²) >= 11 is 0. The van der Waals surface area contributed by atoms with Crippen molar-refractivity contribution in [2.45, 2.75) is 57.5 Å². The van der Waals surface area contributed by atoms with E-state index in [0.717, 1.165) is 0 Å². The van der Waals surface area contributed by atoms with Crippen LogP contribution in [0.15, 0.2) is 24.3 Å². The lowest BCUT2D eigenvalue weighted by Gasteiger charge is -2.17. The van der Waals surface area contributed by atoms with Gasteiger partial charge in [-0.25, -0.2) is 4.79 Å². The van der Waals surface area contributed by atoms with E-state index in [2.05, 4.69) is 16.0 Å². The number of carbonyl (C=O) groups excluding carboxylic acids is 4. The molecule has 0 fully saturated rings. The molecular formula is C21H31N5O6. The van der Waals surface area contributed by atoms with Gasteiger partial charge in [0.1, 0.15) is 12.1 Å². The van der Waals surface area contributed by atoms with Crippen LogP contribution in [-0.4, -0.2) is 53.3 Å². The largest absolute Gasteiger partial charge is 0.480 e. The van der Waals surface area contributed by atoms with Crippen molar-refractivity contribution in [2.24, 2.45) is 5.73 Å². The second kappa shape index (κ2) is 13.6. The van der Waals surface area contributed by atoms with Gasteiger partial charge in [-0.15, -0.1) is 0 Å². The van der Waals surface area contributed by atoms with Crippen molar-refractivity contribution in [1.29, 1.82) is 0 Å². The van der Waals surface area contributed by atoms with Gasteiger partial charge in [0.15, 0.2) is 0 Å². The third-order valence-corrected chi connectivity index (χ3v) is 4.67. The summed E-state index contributed by atoms with van der Waals surface area (Å²) in [6.45, 7) is 1.96. The van der Waals surface area contributed by atoms with Gasteiger partial charge in [0.05, 0.1) is 0 Å². The van der Waals surface area contributed by atoms with E-state index in [0.29, 0.717) is 30.6 Å². The standard InChI is InChI=1S/C21H31N5O6/c1-2-17(27)26-16(21(31)32)10-11-18(28)25-15(19(23)29)5-3-4-12-24-20(30)13-6-8-14(22)9-7-13/h6-9,15-16H,2-5,10-12,22H2,1H3,(H2,23,29)(H,24,30)(H,25,28)(H,26,27)(H,31,32)/t15-,16-/m0/s1. The molecule has 4 amide bonds. The predicted octanol–water partition coefficient (Wildman–Crippen LogP) is -0.101. The van der Waals surface area contributed by atoms with Crippen molar-refractivity contribution >= 4 is 35.3 Å². The summed E-state index contributed by atoms with van der Waals surface area (Å²) in [5, 5.41) is 16.7. The molecule has 11 heteroatoms. The quantitative estimate of drug-likeness (QED) is 0.168. The molecule has 1 aromatic rings. The van der Waals surface area contributed by atoms with Crippen LogP contribution in [0.4, 0.5) is 5.69 Å². The summed E-state index contributed by atoms with van der Waals surface area (Å²) in [4.78, 5) is 58.3. The van der Waals surface area contributed by atoms with E-state index in [9.17, 15) is 24.0 Å². The Balaban J connectivity index is 2.38. The van der Waals surface area contributed by atoms with Crippen LogP contribution in [-0.2, 0) is 19.2 Å². The molecule has 0 aliphatic rings. The first-order valence-electron chi connectivity index (χ1n) is 10.4. The van der Waals surface area contributed by atoms with Crippen molar-refractivity contribution in [2.75, 3.05) is 12.3 Å². The number of hydrogen-bond donors (Lipinski definition) is 6. The van der Waals surface area contributed by atoms with E-state index >= 15 is 0 Å². The summed E-state index contributed by atoms with van der Waals surface area (Å²) in [6, 6.07) is 4.39. The maximum Gasteiger partial charge on any atom is 0.326 e. The molecule has 0 aromatic heterocycles. The zero-order chi connectivity index (χ0) is 24.1. The number of carboxylic acids is 1. The van der Waals surface area contributed by atoms with Gasteiger partial charge >= 0.3 is 5.97 Å². The fraction of sp³-hybridized carbons (Fsp3) is 0.476. The molecule has 0 unspecified atom stereocenters. The van der Waals surface area contributed by atoms with Crippen LogP contribution in [0.1, 0.15) is 55.8 Å². The first-order valence-corrected chi connectivity index (χ1v) is 10.4. The highest BCUT2D eigenvalue weighted by atomic mass is 16.4. The number of nitrogens with two attached hydrogens (primary N) is 2. The minimum atomic E-state index is -1.24. The van der Waals surface area contributed by atoms with E-state index < -0.39 is 35.8 Å². The van der Waals surface area contributed by atoms with Crippen molar-refractivity contribution in [3.8, 4) is 0 Å². The van der Waals surface area contributed by atoms with Crippen LogP contribution in [0.5, 0.6) is 0 Å². The third-order valence-electron chi connectivity index (χ3n) is 4.67. The van der Waals surface area contributed by atoms with Gasteiger partial charge in [-0.1, -0.05) is 6.92 Å². The summed E-state index contributed by atoms with van der Waals surface area (Å²) in [6.07, 6.45) is 1.16. The van der Waals surface area contributed by atoms with Crippen molar-refractivity contribution in [3.63, 3.8) is 0 Å². The van der Waals surface area contributed by atoms with Crippen molar-refractivity contribution in [3.05, 3.63) is 29.8 Å². The average molecular weight is 450 g/mol. The minimum absolute atomic E-state index is 0.116. The van der Waals surface area contributed by atoms with Crippen LogP contribution in [0.2, 0.25) is 0 Å². The zero-order valence-corrected chi connectivity index (χ0v) is 18.1. The van der Waals surface area contributed by atoms with Gasteiger partial charge in [-0.05, 0) is 49.9 Å². The Labute approximate surface area is 186 Å². The van der Waals surface area contributed by atoms with Gasteiger partial charge < -0.3 is 32.5 Å². The summed E-state index contributed by atoms with van der Waals surface area (Å²) in [5.74, 6) is -3.17. The molecule has 11 nitrogen and oxygen atoms in total. The lowest BCUT2D eigenvalue weighted by molar-refractivity contribution is -0.142. The van der Waals surface area contributed by atoms with E-state index in [-0.39, 0.29) is 31.6 Å². The van der Waals surface area contributed by atoms with Gasteiger partial charge in [0.2, 0.25) is 17.7 Å². The van der Waals surface area contributed by atoms with E-state index in [1.165, 1.54) is 0 Å². The van der Waals surface area contributed by atoms with Crippen LogP contribution >= 0.6 is 0 Å². The number of amides is 4. The number of primary amides is 1. The average Bonchev–Trinajstić information content (AvgIpc) is 2.75. The number of carbonyl (C=O) groups is 5. The first kappa shape index (κ1) is 26.4. The summed E-state index contributed by atoms with van der Waals surface area (Å²) < 4.78 is 0. The van der Waals surface area contributed by atoms with E-state index in [4.69, 9.17) is 16.6 Å². The molecule has 0 heterocycles. The zero-order valence-electron chi connectivity index (χ0n) is 18.1. The summed E-state index contributed by atoms with van der Waals surface area (Å²) in [7, 11) is 0. The number of hydrogen-bond acceptors (Lipinski definition) is 6. The monoisotopic (exact) mass is 449 g/mol. The number of benzene rings is 1. The van der Waals surface area contributed by atoms with Crippen molar-refractivity contribution in [1.82, 2.24) is 16.0 Å². The van der Waals surface area contributed by atoms with Gasteiger partial charge in [0, 0.05) is 30.6 Å². The highest BCUT2D eigenvalue weighted by molar-refractivity contribution is 5.94. The first-order chi connectivity index (χ1) is 15.1. The number of nitrogens with one attached hydrogen (secondary N) is 3. The predicted molar refractivity (Wildman–Crippen MR) is 117 cm³/mol. The molecule has 0 radical (unpaired) electrons.